The number of ether oxygens (including phenoxy) is 2. The first-order chi connectivity index (χ1) is 11.2. The molecule has 2 heteroatoms. The van der Waals surface area contributed by atoms with E-state index in [1.807, 2.05) is 24.3 Å². The highest BCUT2D eigenvalue weighted by molar-refractivity contribution is 5.35. The van der Waals surface area contributed by atoms with Crippen LogP contribution in [0.5, 0.6) is 11.5 Å². The van der Waals surface area contributed by atoms with Gasteiger partial charge in [0.25, 0.3) is 0 Å². The molecule has 2 aromatic rings. The summed E-state index contributed by atoms with van der Waals surface area (Å²) in [6.07, 6.45) is 5.11. The summed E-state index contributed by atoms with van der Waals surface area (Å²) < 4.78 is 11.7. The van der Waals surface area contributed by atoms with Crippen molar-refractivity contribution in [3.05, 3.63) is 59.2 Å². The number of methoxy groups -OCH3 is 1. The Labute approximate surface area is 139 Å². The number of benzene rings is 2. The molecule has 2 nitrogen and oxygen atoms in total. The summed E-state index contributed by atoms with van der Waals surface area (Å²) in [6, 6.07) is 14.8. The maximum atomic E-state index is 6.36. The molecule has 122 valence electrons. The Morgan fingerprint density at radius 2 is 1.57 bits per heavy atom. The molecular weight excluding hydrogens is 284 g/mol. The third-order valence-electron chi connectivity index (χ3n) is 4.70. The van der Waals surface area contributed by atoms with Crippen LogP contribution in [0.4, 0.5) is 0 Å². The van der Waals surface area contributed by atoms with Crippen LogP contribution >= 0.6 is 0 Å². The van der Waals surface area contributed by atoms with Gasteiger partial charge in [-0.15, -0.1) is 0 Å². The molecule has 23 heavy (non-hydrogen) atoms. The predicted octanol–water partition coefficient (Wildman–Crippen LogP) is 5.42. The van der Waals surface area contributed by atoms with E-state index < -0.39 is 0 Å². The zero-order chi connectivity index (χ0) is 16.2. The Morgan fingerprint density at radius 1 is 0.870 bits per heavy atom. The van der Waals surface area contributed by atoms with Crippen molar-refractivity contribution in [3.8, 4) is 11.5 Å². The van der Waals surface area contributed by atoms with Gasteiger partial charge in [-0.3, -0.25) is 0 Å². The van der Waals surface area contributed by atoms with Crippen LogP contribution in [0.3, 0.4) is 0 Å². The van der Waals surface area contributed by atoms with Gasteiger partial charge in [-0.25, -0.2) is 0 Å². The molecule has 0 bridgehead atoms. The van der Waals surface area contributed by atoms with Gasteiger partial charge >= 0.3 is 0 Å². The molecule has 0 unspecified atom stereocenters. The van der Waals surface area contributed by atoms with Crippen molar-refractivity contribution < 1.29 is 9.47 Å². The smallest absolute Gasteiger partial charge is 0.123 e. The molecule has 0 radical (unpaired) electrons. The maximum Gasteiger partial charge on any atom is 0.123 e. The summed E-state index contributed by atoms with van der Waals surface area (Å²) in [7, 11) is 1.69. The zero-order valence-corrected chi connectivity index (χ0v) is 14.3. The van der Waals surface area contributed by atoms with Crippen molar-refractivity contribution in [2.75, 3.05) is 7.11 Å². The molecule has 0 saturated heterocycles. The first-order valence-corrected chi connectivity index (χ1v) is 8.54. The molecule has 0 aromatic heterocycles. The molecule has 1 aliphatic carbocycles. The van der Waals surface area contributed by atoms with Crippen molar-refractivity contribution >= 4 is 0 Å². The van der Waals surface area contributed by atoms with Gasteiger partial charge in [0.2, 0.25) is 0 Å². The molecule has 1 aliphatic rings. The van der Waals surface area contributed by atoms with Crippen molar-refractivity contribution in [2.24, 2.45) is 0 Å². The van der Waals surface area contributed by atoms with Crippen molar-refractivity contribution in [3.63, 3.8) is 0 Å². The van der Waals surface area contributed by atoms with E-state index in [1.54, 1.807) is 7.11 Å². The minimum Gasteiger partial charge on any atom is -0.497 e. The SMILES string of the molecule is COc1cccc(O[C@@H]2CCCC[C@H]2c2cc(C)cc(C)c2)c1. The Kier molecular flexibility index (Phi) is 4.90. The molecular formula is C21H26O2. The van der Waals surface area contributed by atoms with Gasteiger partial charge in [0, 0.05) is 12.0 Å². The van der Waals surface area contributed by atoms with Gasteiger partial charge in [0.1, 0.15) is 17.6 Å². The van der Waals surface area contributed by atoms with Gasteiger partial charge in [0.05, 0.1) is 7.11 Å². The van der Waals surface area contributed by atoms with E-state index in [1.165, 1.54) is 36.0 Å². The van der Waals surface area contributed by atoms with E-state index in [-0.39, 0.29) is 6.10 Å². The van der Waals surface area contributed by atoms with Gasteiger partial charge < -0.3 is 9.47 Å². The second-order valence-electron chi connectivity index (χ2n) is 6.65. The first-order valence-electron chi connectivity index (χ1n) is 8.54. The van der Waals surface area contributed by atoms with Crippen LogP contribution in [0.25, 0.3) is 0 Å². The van der Waals surface area contributed by atoms with Crippen LogP contribution in [0.1, 0.15) is 48.3 Å². The molecule has 0 heterocycles. The fourth-order valence-corrected chi connectivity index (χ4v) is 3.69. The number of rotatable bonds is 4. The van der Waals surface area contributed by atoms with E-state index in [0.717, 1.165) is 17.9 Å². The second-order valence-corrected chi connectivity index (χ2v) is 6.65. The predicted molar refractivity (Wildman–Crippen MR) is 94.5 cm³/mol. The summed E-state index contributed by atoms with van der Waals surface area (Å²) in [4.78, 5) is 0. The van der Waals surface area contributed by atoms with Gasteiger partial charge in [-0.1, -0.05) is 41.8 Å². The third-order valence-corrected chi connectivity index (χ3v) is 4.70. The average Bonchev–Trinajstić information content (AvgIpc) is 2.54. The van der Waals surface area contributed by atoms with E-state index in [2.05, 4.69) is 32.0 Å². The fourth-order valence-electron chi connectivity index (χ4n) is 3.69. The molecule has 0 aliphatic heterocycles. The number of hydrogen-bond acceptors (Lipinski definition) is 2. The average molecular weight is 310 g/mol. The largest absolute Gasteiger partial charge is 0.497 e. The van der Waals surface area contributed by atoms with Crippen molar-refractivity contribution in [1.29, 1.82) is 0 Å². The third kappa shape index (κ3) is 3.87. The summed E-state index contributed by atoms with van der Waals surface area (Å²) in [5, 5.41) is 0. The fraction of sp³-hybridized carbons (Fsp3) is 0.429. The first kappa shape index (κ1) is 15.9. The molecule has 1 saturated carbocycles. The lowest BCUT2D eigenvalue weighted by atomic mass is 9.80. The summed E-state index contributed by atoms with van der Waals surface area (Å²) in [6.45, 7) is 4.36. The number of hydrogen-bond donors (Lipinski definition) is 0. The summed E-state index contributed by atoms with van der Waals surface area (Å²) >= 11 is 0. The van der Waals surface area contributed by atoms with Gasteiger partial charge in [-0.2, -0.15) is 0 Å². The van der Waals surface area contributed by atoms with E-state index in [4.69, 9.17) is 9.47 Å². The topological polar surface area (TPSA) is 18.5 Å². The highest BCUT2D eigenvalue weighted by atomic mass is 16.5. The lowest BCUT2D eigenvalue weighted by Crippen LogP contribution is -2.28. The van der Waals surface area contributed by atoms with Crippen LogP contribution in [-0.2, 0) is 0 Å². The quantitative estimate of drug-likeness (QED) is 0.751. The minimum atomic E-state index is 0.247. The van der Waals surface area contributed by atoms with Crippen LogP contribution in [-0.4, -0.2) is 13.2 Å². The Balaban J connectivity index is 1.83. The summed E-state index contributed by atoms with van der Waals surface area (Å²) in [5.41, 5.74) is 4.10. The van der Waals surface area contributed by atoms with Crippen LogP contribution in [0.2, 0.25) is 0 Å². The van der Waals surface area contributed by atoms with E-state index in [0.29, 0.717) is 5.92 Å². The molecule has 0 amide bonds. The molecule has 0 spiro atoms. The van der Waals surface area contributed by atoms with Crippen molar-refractivity contribution in [1.82, 2.24) is 0 Å². The minimum absolute atomic E-state index is 0.247. The van der Waals surface area contributed by atoms with Crippen LogP contribution in [0, 0.1) is 13.8 Å². The Hall–Kier alpha value is -1.96. The Morgan fingerprint density at radius 3 is 2.30 bits per heavy atom. The van der Waals surface area contributed by atoms with Crippen LogP contribution in [0.15, 0.2) is 42.5 Å². The monoisotopic (exact) mass is 310 g/mol. The highest BCUT2D eigenvalue weighted by Crippen LogP contribution is 2.37. The molecule has 3 rings (SSSR count). The zero-order valence-electron chi connectivity index (χ0n) is 14.3. The van der Waals surface area contributed by atoms with Gasteiger partial charge in [0.15, 0.2) is 0 Å². The molecule has 1 fully saturated rings. The van der Waals surface area contributed by atoms with Crippen molar-refractivity contribution in [2.45, 2.75) is 51.6 Å². The molecule has 2 aromatic carbocycles. The number of aryl methyl sites for hydroxylation is 2. The van der Waals surface area contributed by atoms with Crippen LogP contribution < -0.4 is 9.47 Å². The molecule has 0 N–H and O–H groups in total. The second kappa shape index (κ2) is 7.08. The highest BCUT2D eigenvalue weighted by Gasteiger charge is 2.28. The Bertz CT molecular complexity index is 642. The van der Waals surface area contributed by atoms with E-state index >= 15 is 0 Å². The molecule has 2 atom stereocenters. The lowest BCUT2D eigenvalue weighted by molar-refractivity contribution is 0.130. The van der Waals surface area contributed by atoms with E-state index in [9.17, 15) is 0 Å². The summed E-state index contributed by atoms with van der Waals surface area (Å²) in [5.74, 6) is 2.24. The standard InChI is InChI=1S/C21H26O2/c1-15-11-16(2)13-17(12-15)20-9-4-5-10-21(20)23-19-8-6-7-18(14-19)22-3/h6-8,11-14,20-21H,4-5,9-10H2,1-3H3/t20-,21+/m0/s1. The lowest BCUT2D eigenvalue weighted by Gasteiger charge is -2.32. The van der Waals surface area contributed by atoms with Gasteiger partial charge in [-0.05, 0) is 50.8 Å². The maximum absolute atomic E-state index is 6.36. The normalized spacial score (nSPS) is 21.0.